The molecule has 0 aromatic heterocycles. The minimum Gasteiger partial charge on any atom is -0.369 e. The molecule has 0 radical (unpaired) electrons. The number of piperidine rings is 1. The van der Waals surface area contributed by atoms with Gasteiger partial charge in [0.2, 0.25) is 5.91 Å². The summed E-state index contributed by atoms with van der Waals surface area (Å²) in [5.74, 6) is 0.0709. The SMILES string of the molecule is NC(=O)CN1CCC(NC(=O)c2ccc(CCl)cc2)CC1. The summed E-state index contributed by atoms with van der Waals surface area (Å²) in [4.78, 5) is 25.0. The van der Waals surface area contributed by atoms with Crippen LogP contribution in [0, 0.1) is 0 Å². The van der Waals surface area contributed by atoms with Crippen LogP contribution < -0.4 is 11.1 Å². The Bertz CT molecular complexity index is 496. The molecule has 3 N–H and O–H groups in total. The number of hydrogen-bond donors (Lipinski definition) is 2. The summed E-state index contributed by atoms with van der Waals surface area (Å²) >= 11 is 5.73. The van der Waals surface area contributed by atoms with Crippen LogP contribution in [-0.2, 0) is 10.7 Å². The van der Waals surface area contributed by atoms with Crippen molar-refractivity contribution >= 4 is 23.4 Å². The van der Waals surface area contributed by atoms with E-state index in [0.29, 0.717) is 18.0 Å². The predicted octanol–water partition coefficient (Wildman–Crippen LogP) is 1.10. The number of nitrogens with one attached hydrogen (secondary N) is 1. The second kappa shape index (κ2) is 7.43. The molecule has 6 heteroatoms. The van der Waals surface area contributed by atoms with E-state index in [4.69, 9.17) is 17.3 Å². The molecule has 1 aliphatic heterocycles. The molecule has 0 spiro atoms. The highest BCUT2D eigenvalue weighted by Crippen LogP contribution is 2.12. The maximum Gasteiger partial charge on any atom is 0.251 e. The Labute approximate surface area is 129 Å². The standard InChI is InChI=1S/C15H20ClN3O2/c16-9-11-1-3-12(4-2-11)15(21)18-13-5-7-19(8-6-13)10-14(17)20/h1-4,13H,5-10H2,(H2,17,20)(H,18,21). The lowest BCUT2D eigenvalue weighted by atomic mass is 10.0. The van der Waals surface area contributed by atoms with Crippen molar-refractivity contribution in [1.82, 2.24) is 10.2 Å². The highest BCUT2D eigenvalue weighted by molar-refractivity contribution is 6.17. The summed E-state index contributed by atoms with van der Waals surface area (Å²) in [6.45, 7) is 1.85. The van der Waals surface area contributed by atoms with Gasteiger partial charge in [0, 0.05) is 30.6 Å². The highest BCUT2D eigenvalue weighted by atomic mass is 35.5. The molecule has 5 nitrogen and oxygen atoms in total. The van der Waals surface area contributed by atoms with Crippen LogP contribution in [0.2, 0.25) is 0 Å². The number of nitrogens with two attached hydrogens (primary N) is 1. The van der Waals surface area contributed by atoms with Gasteiger partial charge < -0.3 is 11.1 Å². The normalized spacial score (nSPS) is 16.6. The van der Waals surface area contributed by atoms with Crippen molar-refractivity contribution in [3.05, 3.63) is 35.4 Å². The first-order chi connectivity index (χ1) is 10.1. The van der Waals surface area contributed by atoms with E-state index in [9.17, 15) is 9.59 Å². The smallest absolute Gasteiger partial charge is 0.251 e. The highest BCUT2D eigenvalue weighted by Gasteiger charge is 2.21. The Hall–Kier alpha value is -1.59. The molecule has 2 rings (SSSR count). The van der Waals surface area contributed by atoms with E-state index >= 15 is 0 Å². The van der Waals surface area contributed by atoms with E-state index in [0.717, 1.165) is 31.5 Å². The first kappa shape index (κ1) is 15.8. The summed E-state index contributed by atoms with van der Waals surface area (Å²) < 4.78 is 0. The molecule has 1 heterocycles. The molecule has 1 aliphatic rings. The molecule has 21 heavy (non-hydrogen) atoms. The molecule has 1 saturated heterocycles. The van der Waals surface area contributed by atoms with Crippen LogP contribution in [0.25, 0.3) is 0 Å². The summed E-state index contributed by atoms with van der Waals surface area (Å²) in [5, 5.41) is 3.03. The molecule has 2 amide bonds. The molecule has 1 fully saturated rings. The number of benzene rings is 1. The topological polar surface area (TPSA) is 75.4 Å². The van der Waals surface area contributed by atoms with Crippen LogP contribution in [0.4, 0.5) is 0 Å². The summed E-state index contributed by atoms with van der Waals surface area (Å²) in [7, 11) is 0. The second-order valence-electron chi connectivity index (χ2n) is 5.32. The predicted molar refractivity (Wildman–Crippen MR) is 82.1 cm³/mol. The van der Waals surface area contributed by atoms with Gasteiger partial charge in [-0.25, -0.2) is 0 Å². The number of primary amides is 1. The van der Waals surface area contributed by atoms with E-state index in [1.165, 1.54) is 0 Å². The van der Waals surface area contributed by atoms with Crippen molar-refractivity contribution in [2.45, 2.75) is 24.8 Å². The lowest BCUT2D eigenvalue weighted by Gasteiger charge is -2.31. The Kier molecular flexibility index (Phi) is 5.59. The number of carbonyl (C=O) groups excluding carboxylic acids is 2. The van der Waals surface area contributed by atoms with Crippen molar-refractivity contribution in [3.63, 3.8) is 0 Å². The average molecular weight is 310 g/mol. The van der Waals surface area contributed by atoms with Crippen molar-refractivity contribution in [1.29, 1.82) is 0 Å². The van der Waals surface area contributed by atoms with Crippen LogP contribution in [0.5, 0.6) is 0 Å². The van der Waals surface area contributed by atoms with E-state index in [-0.39, 0.29) is 17.9 Å². The summed E-state index contributed by atoms with van der Waals surface area (Å²) in [5.41, 5.74) is 6.81. The lowest BCUT2D eigenvalue weighted by molar-refractivity contribution is -0.119. The average Bonchev–Trinajstić information content (AvgIpc) is 2.49. The third kappa shape index (κ3) is 4.72. The number of nitrogens with zero attached hydrogens (tertiary/aromatic N) is 1. The Balaban J connectivity index is 1.82. The molecule has 1 aromatic carbocycles. The third-order valence-corrected chi connectivity index (χ3v) is 3.98. The van der Waals surface area contributed by atoms with Gasteiger partial charge in [0.05, 0.1) is 6.54 Å². The quantitative estimate of drug-likeness (QED) is 0.800. The lowest BCUT2D eigenvalue weighted by Crippen LogP contribution is -2.46. The van der Waals surface area contributed by atoms with Gasteiger partial charge >= 0.3 is 0 Å². The fourth-order valence-electron chi connectivity index (χ4n) is 2.47. The first-order valence-corrected chi connectivity index (χ1v) is 7.58. The van der Waals surface area contributed by atoms with Crippen LogP contribution in [0.15, 0.2) is 24.3 Å². The third-order valence-electron chi connectivity index (χ3n) is 3.67. The summed E-state index contributed by atoms with van der Waals surface area (Å²) in [6.07, 6.45) is 1.66. The molecule has 0 unspecified atom stereocenters. The first-order valence-electron chi connectivity index (χ1n) is 7.05. The Morgan fingerprint density at radius 1 is 1.24 bits per heavy atom. The number of halogens is 1. The number of hydrogen-bond acceptors (Lipinski definition) is 3. The number of amides is 2. The molecular formula is C15H20ClN3O2. The zero-order valence-electron chi connectivity index (χ0n) is 11.8. The monoisotopic (exact) mass is 309 g/mol. The van der Waals surface area contributed by atoms with E-state index in [1.54, 1.807) is 12.1 Å². The van der Waals surface area contributed by atoms with Crippen molar-refractivity contribution < 1.29 is 9.59 Å². The van der Waals surface area contributed by atoms with Gasteiger partial charge in [-0.3, -0.25) is 14.5 Å². The van der Waals surface area contributed by atoms with E-state index < -0.39 is 0 Å². The van der Waals surface area contributed by atoms with Crippen molar-refractivity contribution in [3.8, 4) is 0 Å². The van der Waals surface area contributed by atoms with Gasteiger partial charge in [-0.05, 0) is 30.5 Å². The fraction of sp³-hybridized carbons (Fsp3) is 0.467. The molecule has 0 atom stereocenters. The van der Waals surface area contributed by atoms with E-state index in [1.807, 2.05) is 17.0 Å². The Morgan fingerprint density at radius 3 is 2.38 bits per heavy atom. The number of carbonyl (C=O) groups is 2. The minimum atomic E-state index is -0.308. The fourth-order valence-corrected chi connectivity index (χ4v) is 2.65. The van der Waals surface area contributed by atoms with Gasteiger partial charge in [0.15, 0.2) is 0 Å². The number of alkyl halides is 1. The van der Waals surface area contributed by atoms with Crippen LogP contribution in [0.1, 0.15) is 28.8 Å². The maximum absolute atomic E-state index is 12.1. The van der Waals surface area contributed by atoms with Crippen molar-refractivity contribution in [2.75, 3.05) is 19.6 Å². The van der Waals surface area contributed by atoms with Gasteiger partial charge in [-0.1, -0.05) is 12.1 Å². The maximum atomic E-state index is 12.1. The molecule has 114 valence electrons. The second-order valence-corrected chi connectivity index (χ2v) is 5.59. The minimum absolute atomic E-state index is 0.0653. The zero-order chi connectivity index (χ0) is 15.2. The largest absolute Gasteiger partial charge is 0.369 e. The van der Waals surface area contributed by atoms with E-state index in [2.05, 4.69) is 5.32 Å². The van der Waals surface area contributed by atoms with Gasteiger partial charge in [0.25, 0.3) is 5.91 Å². The van der Waals surface area contributed by atoms with Crippen LogP contribution in [-0.4, -0.2) is 42.4 Å². The number of likely N-dealkylation sites (tertiary alicyclic amines) is 1. The molecule has 1 aromatic rings. The summed E-state index contributed by atoms with van der Waals surface area (Å²) in [6, 6.07) is 7.44. The molecule has 0 aliphatic carbocycles. The Morgan fingerprint density at radius 2 is 1.86 bits per heavy atom. The van der Waals surface area contributed by atoms with Gasteiger partial charge in [0.1, 0.15) is 0 Å². The van der Waals surface area contributed by atoms with Crippen molar-refractivity contribution in [2.24, 2.45) is 5.73 Å². The molecule has 0 saturated carbocycles. The van der Waals surface area contributed by atoms with Crippen LogP contribution in [0.3, 0.4) is 0 Å². The zero-order valence-corrected chi connectivity index (χ0v) is 12.6. The van der Waals surface area contributed by atoms with Gasteiger partial charge in [-0.2, -0.15) is 0 Å². The van der Waals surface area contributed by atoms with Crippen LogP contribution >= 0.6 is 11.6 Å². The molecule has 0 bridgehead atoms. The molecular weight excluding hydrogens is 290 g/mol. The van der Waals surface area contributed by atoms with Gasteiger partial charge in [-0.15, -0.1) is 11.6 Å². The number of rotatable bonds is 5.